The molecule has 2 unspecified atom stereocenters. The van der Waals surface area contributed by atoms with Gasteiger partial charge in [0.05, 0.1) is 12.2 Å². The van der Waals surface area contributed by atoms with Crippen molar-refractivity contribution in [2.24, 2.45) is 0 Å². The van der Waals surface area contributed by atoms with Gasteiger partial charge >= 0.3 is 0 Å². The maximum Gasteiger partial charge on any atom is 0.209 e. The van der Waals surface area contributed by atoms with Crippen molar-refractivity contribution in [1.82, 2.24) is 4.90 Å². The fraction of sp³-hybridized carbons (Fsp3) is 0.909. The Morgan fingerprint density at radius 3 is 1.93 bits per heavy atom. The second-order valence-electron chi connectivity index (χ2n) is 4.33. The van der Waals surface area contributed by atoms with Crippen LogP contribution in [0.5, 0.6) is 0 Å². The molecule has 15 heavy (non-hydrogen) atoms. The molecule has 0 aromatic heterocycles. The summed E-state index contributed by atoms with van der Waals surface area (Å²) in [5, 5.41) is 0. The van der Waals surface area contributed by atoms with Crippen molar-refractivity contribution in [3.8, 4) is 0 Å². The highest BCUT2D eigenvalue weighted by Gasteiger charge is 2.22. The second kappa shape index (κ2) is 5.47. The van der Waals surface area contributed by atoms with Gasteiger partial charge < -0.3 is 14.4 Å². The molecule has 0 spiro atoms. The summed E-state index contributed by atoms with van der Waals surface area (Å²) < 4.78 is 11.0. The van der Waals surface area contributed by atoms with Crippen molar-refractivity contribution >= 4 is 6.41 Å². The minimum atomic E-state index is 0.247. The molecule has 2 atom stereocenters. The van der Waals surface area contributed by atoms with Crippen molar-refractivity contribution in [1.29, 1.82) is 0 Å². The molecule has 0 bridgehead atoms. The lowest BCUT2D eigenvalue weighted by Crippen LogP contribution is -2.36. The van der Waals surface area contributed by atoms with Crippen LogP contribution in [0, 0.1) is 0 Å². The number of rotatable bonds is 5. The number of nitrogens with zero attached hydrogens (tertiary/aromatic N) is 1. The summed E-state index contributed by atoms with van der Waals surface area (Å²) in [6, 6.07) is 0. The number of ether oxygens (including phenoxy) is 2. The molecule has 2 fully saturated rings. The largest absolute Gasteiger partial charge is 0.376 e. The van der Waals surface area contributed by atoms with Crippen molar-refractivity contribution in [2.45, 2.75) is 37.9 Å². The molecule has 2 aliphatic heterocycles. The lowest BCUT2D eigenvalue weighted by Gasteiger charge is -2.23. The van der Waals surface area contributed by atoms with Gasteiger partial charge in [-0.15, -0.1) is 0 Å². The number of amides is 1. The maximum atomic E-state index is 10.9. The molecule has 0 saturated carbocycles. The third-order valence-corrected chi connectivity index (χ3v) is 3.07. The van der Waals surface area contributed by atoms with Crippen LogP contribution in [0.1, 0.15) is 25.7 Å². The summed E-state index contributed by atoms with van der Waals surface area (Å²) in [5.74, 6) is 0. The first-order valence-corrected chi connectivity index (χ1v) is 5.81. The third kappa shape index (κ3) is 3.18. The number of hydrogen-bond donors (Lipinski definition) is 0. The van der Waals surface area contributed by atoms with Gasteiger partial charge in [-0.25, -0.2) is 0 Å². The highest BCUT2D eigenvalue weighted by atomic mass is 16.5. The topological polar surface area (TPSA) is 38.8 Å². The van der Waals surface area contributed by atoms with Gasteiger partial charge in [0.2, 0.25) is 6.41 Å². The molecular formula is C11H19NO3. The van der Waals surface area contributed by atoms with Crippen molar-refractivity contribution in [3.63, 3.8) is 0 Å². The lowest BCUT2D eigenvalue weighted by molar-refractivity contribution is -0.121. The minimum Gasteiger partial charge on any atom is -0.376 e. The highest BCUT2D eigenvalue weighted by Crippen LogP contribution is 2.16. The molecule has 2 aliphatic rings. The van der Waals surface area contributed by atoms with Crippen molar-refractivity contribution < 1.29 is 14.3 Å². The molecule has 0 aromatic rings. The zero-order valence-electron chi connectivity index (χ0n) is 9.06. The Hall–Kier alpha value is -0.610. The molecule has 0 N–H and O–H groups in total. The number of carbonyl (C=O) groups excluding carboxylic acids is 1. The predicted octanol–water partition coefficient (Wildman–Crippen LogP) is 0.803. The van der Waals surface area contributed by atoms with Gasteiger partial charge in [-0.2, -0.15) is 0 Å². The molecular weight excluding hydrogens is 194 g/mol. The van der Waals surface area contributed by atoms with E-state index < -0.39 is 0 Å². The van der Waals surface area contributed by atoms with E-state index in [-0.39, 0.29) is 12.2 Å². The van der Waals surface area contributed by atoms with Gasteiger partial charge in [-0.05, 0) is 25.7 Å². The molecule has 4 nitrogen and oxygen atoms in total. The van der Waals surface area contributed by atoms with Crippen LogP contribution in [-0.2, 0) is 14.3 Å². The molecule has 86 valence electrons. The molecule has 4 heteroatoms. The minimum absolute atomic E-state index is 0.247. The Morgan fingerprint density at radius 2 is 1.60 bits per heavy atom. The van der Waals surface area contributed by atoms with E-state index >= 15 is 0 Å². The third-order valence-electron chi connectivity index (χ3n) is 3.07. The van der Waals surface area contributed by atoms with E-state index in [1.165, 1.54) is 0 Å². The van der Waals surface area contributed by atoms with Crippen LogP contribution < -0.4 is 0 Å². The molecule has 2 heterocycles. The number of hydrogen-bond acceptors (Lipinski definition) is 3. The van der Waals surface area contributed by atoms with Gasteiger partial charge in [0.25, 0.3) is 0 Å². The Kier molecular flexibility index (Phi) is 3.97. The fourth-order valence-corrected chi connectivity index (χ4v) is 2.26. The quantitative estimate of drug-likeness (QED) is 0.634. The molecule has 2 saturated heterocycles. The first kappa shape index (κ1) is 10.9. The Morgan fingerprint density at radius 1 is 1.07 bits per heavy atom. The summed E-state index contributed by atoms with van der Waals surface area (Å²) in [5.41, 5.74) is 0. The molecule has 2 rings (SSSR count). The fourth-order valence-electron chi connectivity index (χ4n) is 2.26. The van der Waals surface area contributed by atoms with Crippen LogP contribution in [0.3, 0.4) is 0 Å². The first-order valence-electron chi connectivity index (χ1n) is 5.81. The van der Waals surface area contributed by atoms with E-state index in [1.54, 1.807) is 4.90 Å². The van der Waals surface area contributed by atoms with E-state index in [0.717, 1.165) is 58.4 Å². The first-order chi connectivity index (χ1) is 7.38. The van der Waals surface area contributed by atoms with Crippen LogP contribution in [0.2, 0.25) is 0 Å². The SMILES string of the molecule is O=CN(CC1CCCO1)CC1CCCO1. The molecule has 1 amide bonds. The standard InChI is InChI=1S/C11H19NO3/c13-9-12(7-10-3-1-5-14-10)8-11-4-2-6-15-11/h9-11H,1-8H2. The van der Waals surface area contributed by atoms with E-state index in [4.69, 9.17) is 9.47 Å². The monoisotopic (exact) mass is 213 g/mol. The van der Waals surface area contributed by atoms with Gasteiger partial charge in [-0.1, -0.05) is 0 Å². The average Bonchev–Trinajstić information content (AvgIpc) is 2.89. The van der Waals surface area contributed by atoms with Crippen LogP contribution in [0.25, 0.3) is 0 Å². The second-order valence-corrected chi connectivity index (χ2v) is 4.33. The van der Waals surface area contributed by atoms with Crippen LogP contribution in [0.4, 0.5) is 0 Å². The smallest absolute Gasteiger partial charge is 0.209 e. The van der Waals surface area contributed by atoms with Crippen LogP contribution >= 0.6 is 0 Å². The predicted molar refractivity (Wildman–Crippen MR) is 55.6 cm³/mol. The summed E-state index contributed by atoms with van der Waals surface area (Å²) in [7, 11) is 0. The molecule has 0 aromatic carbocycles. The van der Waals surface area contributed by atoms with Crippen molar-refractivity contribution in [3.05, 3.63) is 0 Å². The Labute approximate surface area is 90.5 Å². The normalized spacial score (nSPS) is 30.7. The van der Waals surface area contributed by atoms with Gasteiger partial charge in [0, 0.05) is 26.3 Å². The highest BCUT2D eigenvalue weighted by molar-refractivity contribution is 5.47. The van der Waals surface area contributed by atoms with E-state index in [9.17, 15) is 4.79 Å². The summed E-state index contributed by atoms with van der Waals surface area (Å²) in [6.07, 6.45) is 5.82. The average molecular weight is 213 g/mol. The lowest BCUT2D eigenvalue weighted by atomic mass is 10.2. The zero-order chi connectivity index (χ0) is 10.5. The van der Waals surface area contributed by atoms with Gasteiger partial charge in [-0.3, -0.25) is 4.79 Å². The van der Waals surface area contributed by atoms with Crippen LogP contribution in [-0.4, -0.2) is 49.8 Å². The van der Waals surface area contributed by atoms with Gasteiger partial charge in [0.15, 0.2) is 0 Å². The Balaban J connectivity index is 1.73. The molecule has 0 radical (unpaired) electrons. The van der Waals surface area contributed by atoms with Crippen molar-refractivity contribution in [2.75, 3.05) is 26.3 Å². The number of carbonyl (C=O) groups is 1. The Bertz CT molecular complexity index is 180. The van der Waals surface area contributed by atoms with Gasteiger partial charge in [0.1, 0.15) is 0 Å². The van der Waals surface area contributed by atoms with E-state index in [1.807, 2.05) is 0 Å². The zero-order valence-corrected chi connectivity index (χ0v) is 9.06. The maximum absolute atomic E-state index is 10.9. The summed E-state index contributed by atoms with van der Waals surface area (Å²) in [6.45, 7) is 3.14. The van der Waals surface area contributed by atoms with E-state index in [2.05, 4.69) is 0 Å². The summed E-state index contributed by atoms with van der Waals surface area (Å²) >= 11 is 0. The molecule has 0 aliphatic carbocycles. The van der Waals surface area contributed by atoms with Crippen LogP contribution in [0.15, 0.2) is 0 Å². The van der Waals surface area contributed by atoms with E-state index in [0.29, 0.717) is 0 Å². The summed E-state index contributed by atoms with van der Waals surface area (Å²) in [4.78, 5) is 12.7.